The number of tetrazole rings is 1. The van der Waals surface area contributed by atoms with E-state index < -0.39 is 11.7 Å². The third-order valence-electron chi connectivity index (χ3n) is 3.92. The van der Waals surface area contributed by atoms with Crippen LogP contribution in [-0.4, -0.2) is 37.6 Å². The van der Waals surface area contributed by atoms with Crippen molar-refractivity contribution in [3.05, 3.63) is 39.6 Å². The molecule has 7 nitrogen and oxygen atoms in total. The van der Waals surface area contributed by atoms with Crippen molar-refractivity contribution in [1.29, 1.82) is 0 Å². The van der Waals surface area contributed by atoms with E-state index in [4.69, 9.17) is 23.2 Å². The summed E-state index contributed by atoms with van der Waals surface area (Å²) in [6, 6.07) is 2.95. The summed E-state index contributed by atoms with van der Waals surface area (Å²) >= 11 is 12.5. The third kappa shape index (κ3) is 3.09. The third-order valence-corrected chi connectivity index (χ3v) is 4.70. The van der Waals surface area contributed by atoms with Crippen molar-refractivity contribution in [2.45, 2.75) is 25.8 Å². The normalized spacial score (nSPS) is 15.8. The molecule has 0 atom stereocenters. The van der Waals surface area contributed by atoms with Crippen LogP contribution in [0.4, 0.5) is 0 Å². The molecule has 1 heterocycles. The second-order valence-corrected chi connectivity index (χ2v) is 6.26. The fourth-order valence-electron chi connectivity index (χ4n) is 2.70. The lowest BCUT2D eigenvalue weighted by Crippen LogP contribution is -2.35. The van der Waals surface area contributed by atoms with E-state index in [2.05, 4.69) is 15.5 Å². The molecular weight excluding hydrogens is 355 g/mol. The molecule has 9 heteroatoms. The molecule has 1 aromatic carbocycles. The second kappa shape index (κ2) is 6.78. The predicted molar refractivity (Wildman–Crippen MR) is 85.1 cm³/mol. The van der Waals surface area contributed by atoms with Crippen molar-refractivity contribution in [2.75, 3.05) is 0 Å². The van der Waals surface area contributed by atoms with Crippen LogP contribution in [0.15, 0.2) is 18.5 Å². The van der Waals surface area contributed by atoms with Gasteiger partial charge in [0.15, 0.2) is 17.3 Å². The van der Waals surface area contributed by atoms with Gasteiger partial charge in [-0.1, -0.05) is 23.2 Å². The Morgan fingerprint density at radius 3 is 2.54 bits per heavy atom. The summed E-state index contributed by atoms with van der Waals surface area (Å²) in [4.78, 5) is 36.7. The monoisotopic (exact) mass is 366 g/mol. The van der Waals surface area contributed by atoms with E-state index in [-0.39, 0.29) is 41.5 Å². The van der Waals surface area contributed by atoms with Gasteiger partial charge in [-0.2, -0.15) is 0 Å². The number of hydrogen-bond acceptors (Lipinski definition) is 6. The first-order valence-corrected chi connectivity index (χ1v) is 8.02. The Morgan fingerprint density at radius 1 is 1.21 bits per heavy atom. The first-order valence-electron chi connectivity index (χ1n) is 7.26. The maximum Gasteiger partial charge on any atom is 0.182 e. The van der Waals surface area contributed by atoms with Crippen molar-refractivity contribution in [2.24, 2.45) is 5.92 Å². The second-order valence-electron chi connectivity index (χ2n) is 5.48. The Balaban J connectivity index is 1.97. The molecule has 1 saturated carbocycles. The van der Waals surface area contributed by atoms with Crippen LogP contribution in [-0.2, 0) is 16.1 Å². The first-order chi connectivity index (χ1) is 11.5. The van der Waals surface area contributed by atoms with Crippen LogP contribution in [0, 0.1) is 5.92 Å². The van der Waals surface area contributed by atoms with Gasteiger partial charge in [0.25, 0.3) is 0 Å². The van der Waals surface area contributed by atoms with Gasteiger partial charge in [-0.05, 0) is 29.0 Å². The summed E-state index contributed by atoms with van der Waals surface area (Å²) < 4.78 is 1.40. The number of ketones is 3. The molecule has 2 aromatic rings. The fraction of sp³-hybridized carbons (Fsp3) is 0.333. The predicted octanol–water partition coefficient (Wildman–Crippen LogP) is 2.15. The molecule has 124 valence electrons. The summed E-state index contributed by atoms with van der Waals surface area (Å²) in [5, 5.41) is 11.2. The topological polar surface area (TPSA) is 94.8 Å². The van der Waals surface area contributed by atoms with E-state index >= 15 is 0 Å². The summed E-state index contributed by atoms with van der Waals surface area (Å²) in [5.41, 5.74) is 0.560. The molecule has 1 aliphatic carbocycles. The maximum atomic E-state index is 12.7. The lowest BCUT2D eigenvalue weighted by Gasteiger charge is -2.19. The minimum atomic E-state index is -1.27. The average molecular weight is 367 g/mol. The number of hydrogen-bond donors (Lipinski definition) is 0. The number of Topliss-reactive ketones (excluding diaryl/α,β-unsaturated/α-hetero) is 3. The zero-order chi connectivity index (χ0) is 17.3. The molecule has 24 heavy (non-hydrogen) atoms. The fourth-order valence-corrected chi connectivity index (χ4v) is 3.28. The Morgan fingerprint density at radius 2 is 1.92 bits per heavy atom. The van der Waals surface area contributed by atoms with Gasteiger partial charge in [-0.25, -0.2) is 4.68 Å². The zero-order valence-electron chi connectivity index (χ0n) is 12.4. The van der Waals surface area contributed by atoms with Crippen LogP contribution < -0.4 is 0 Å². The molecule has 0 radical (unpaired) electrons. The molecule has 3 rings (SSSR count). The lowest BCUT2D eigenvalue weighted by molar-refractivity contribution is -0.133. The summed E-state index contributed by atoms with van der Waals surface area (Å²) in [7, 11) is 0. The molecule has 1 fully saturated rings. The zero-order valence-corrected chi connectivity index (χ0v) is 13.9. The van der Waals surface area contributed by atoms with E-state index in [0.29, 0.717) is 17.0 Å². The number of benzene rings is 1. The Labute approximate surface area is 146 Å². The molecular formula is C15H12Cl2N4O3. The lowest BCUT2D eigenvalue weighted by atomic mass is 9.81. The minimum Gasteiger partial charge on any atom is -0.298 e. The SMILES string of the molecule is O=C1CCCC(=O)C1C(=O)c1ccc(Cl)c(Cn2cnnn2)c1Cl. The van der Waals surface area contributed by atoms with E-state index in [1.165, 1.54) is 23.1 Å². The Kier molecular flexibility index (Phi) is 4.73. The maximum absolute atomic E-state index is 12.7. The molecule has 0 N–H and O–H groups in total. The van der Waals surface area contributed by atoms with Crippen molar-refractivity contribution in [3.8, 4) is 0 Å². The van der Waals surface area contributed by atoms with Crippen molar-refractivity contribution in [1.82, 2.24) is 20.2 Å². The molecule has 0 saturated heterocycles. The van der Waals surface area contributed by atoms with Gasteiger partial charge in [0.05, 0.1) is 11.6 Å². The van der Waals surface area contributed by atoms with Crippen molar-refractivity contribution < 1.29 is 14.4 Å². The van der Waals surface area contributed by atoms with Gasteiger partial charge in [0.1, 0.15) is 12.2 Å². The number of carbonyl (C=O) groups excluding carboxylic acids is 3. The van der Waals surface area contributed by atoms with Gasteiger partial charge in [-0.15, -0.1) is 5.10 Å². The number of carbonyl (C=O) groups is 3. The van der Waals surface area contributed by atoms with Crippen LogP contribution in [0.1, 0.15) is 35.2 Å². The van der Waals surface area contributed by atoms with E-state index in [1.807, 2.05) is 0 Å². The number of halogens is 2. The largest absolute Gasteiger partial charge is 0.298 e. The molecule has 0 amide bonds. The van der Waals surface area contributed by atoms with Gasteiger partial charge < -0.3 is 0 Å². The van der Waals surface area contributed by atoms with Gasteiger partial charge in [0.2, 0.25) is 0 Å². The van der Waals surface area contributed by atoms with Crippen LogP contribution in [0.2, 0.25) is 10.0 Å². The smallest absolute Gasteiger partial charge is 0.182 e. The van der Waals surface area contributed by atoms with Crippen molar-refractivity contribution >= 4 is 40.6 Å². The number of nitrogens with zero attached hydrogens (tertiary/aromatic N) is 4. The van der Waals surface area contributed by atoms with Crippen LogP contribution in [0.3, 0.4) is 0 Å². The highest BCUT2D eigenvalue weighted by atomic mass is 35.5. The molecule has 0 aliphatic heterocycles. The Bertz CT molecular complexity index is 804. The first kappa shape index (κ1) is 16.7. The van der Waals surface area contributed by atoms with Crippen LogP contribution in [0.25, 0.3) is 0 Å². The van der Waals surface area contributed by atoms with E-state index in [9.17, 15) is 14.4 Å². The quantitative estimate of drug-likeness (QED) is 0.607. The minimum absolute atomic E-state index is 0.106. The Hall–Kier alpha value is -2.12. The molecule has 0 unspecified atom stereocenters. The molecule has 1 aromatic heterocycles. The number of rotatable bonds is 4. The number of aromatic nitrogens is 4. The van der Waals surface area contributed by atoms with E-state index in [1.54, 1.807) is 0 Å². The molecule has 0 spiro atoms. The van der Waals surface area contributed by atoms with Crippen LogP contribution in [0.5, 0.6) is 0 Å². The standard InChI is InChI=1S/C15H12Cl2N4O3/c16-10-5-4-8(14(17)9(10)6-21-7-18-19-20-21)15(24)13-11(22)2-1-3-12(13)23/h4-5,7,13H,1-3,6H2. The van der Waals surface area contributed by atoms with Crippen molar-refractivity contribution in [3.63, 3.8) is 0 Å². The summed E-state index contributed by atoms with van der Waals surface area (Å²) in [6.07, 6.45) is 2.32. The van der Waals surface area contributed by atoms with Gasteiger partial charge in [-0.3, -0.25) is 14.4 Å². The van der Waals surface area contributed by atoms with Gasteiger partial charge in [0, 0.05) is 29.0 Å². The van der Waals surface area contributed by atoms with E-state index in [0.717, 1.165) is 0 Å². The van der Waals surface area contributed by atoms with Crippen LogP contribution >= 0.6 is 23.2 Å². The highest BCUT2D eigenvalue weighted by Gasteiger charge is 2.37. The summed E-state index contributed by atoms with van der Waals surface area (Å²) in [6.45, 7) is 0.165. The highest BCUT2D eigenvalue weighted by Crippen LogP contribution is 2.32. The average Bonchev–Trinajstić information content (AvgIpc) is 3.04. The highest BCUT2D eigenvalue weighted by molar-refractivity contribution is 6.39. The summed E-state index contributed by atoms with van der Waals surface area (Å²) in [5.74, 6) is -2.56. The molecule has 0 bridgehead atoms. The molecule has 1 aliphatic rings. The van der Waals surface area contributed by atoms with Gasteiger partial charge >= 0.3 is 0 Å².